The molecule has 0 aliphatic carbocycles. The van der Waals surface area contributed by atoms with Gasteiger partial charge in [0.05, 0.1) is 12.7 Å². The number of nitrogens with zero attached hydrogens (tertiary/aromatic N) is 1. The number of nitrogens with one attached hydrogen (secondary N) is 1. The van der Waals surface area contributed by atoms with Gasteiger partial charge in [-0.2, -0.15) is 0 Å². The van der Waals surface area contributed by atoms with E-state index in [1.54, 1.807) is 0 Å². The number of morpholine rings is 1. The van der Waals surface area contributed by atoms with Crippen LogP contribution in [-0.2, 0) is 4.74 Å². The average Bonchev–Trinajstić information content (AvgIpc) is 2.96. The number of hydrogen-bond donors (Lipinski definition) is 1. The van der Waals surface area contributed by atoms with Gasteiger partial charge < -0.3 is 10.1 Å². The minimum atomic E-state index is 0.0451. The molecule has 1 aromatic rings. The van der Waals surface area contributed by atoms with E-state index < -0.39 is 0 Å². The molecule has 3 atom stereocenters. The van der Waals surface area contributed by atoms with Crippen LogP contribution in [0.25, 0.3) is 0 Å². The summed E-state index contributed by atoms with van der Waals surface area (Å²) < 4.78 is 5.98. The Hall–Kier alpha value is -1.39. The Morgan fingerprint density at radius 3 is 2.75 bits per heavy atom. The van der Waals surface area contributed by atoms with Crippen molar-refractivity contribution in [1.82, 2.24) is 10.2 Å². The van der Waals surface area contributed by atoms with E-state index in [9.17, 15) is 4.79 Å². The van der Waals surface area contributed by atoms with Crippen molar-refractivity contribution in [3.63, 3.8) is 0 Å². The SMILES string of the molecule is CC(C)c1cccc(C(=O)N[C@H]2C[C@H]3CO[C@@H](C(C)C)CN3C2)c1. The predicted molar refractivity (Wildman–Crippen MR) is 96.3 cm³/mol. The van der Waals surface area contributed by atoms with Crippen LogP contribution in [0.4, 0.5) is 0 Å². The summed E-state index contributed by atoms with van der Waals surface area (Å²) in [6, 6.07) is 8.65. The standard InChI is InChI=1S/C20H30N2O2/c1-13(2)15-6-5-7-16(8-15)20(23)21-17-9-18-12-24-19(14(3)4)11-22(18)10-17/h5-8,13-14,17-19H,9-12H2,1-4H3,(H,21,23)/t17-,18-,19+/m0/s1. The molecule has 0 spiro atoms. The fourth-order valence-corrected chi connectivity index (χ4v) is 3.72. The molecule has 2 aliphatic rings. The lowest BCUT2D eigenvalue weighted by Gasteiger charge is -2.36. The molecule has 2 aliphatic heterocycles. The van der Waals surface area contributed by atoms with Gasteiger partial charge in [0.25, 0.3) is 5.91 Å². The summed E-state index contributed by atoms with van der Waals surface area (Å²) >= 11 is 0. The zero-order chi connectivity index (χ0) is 17.3. The van der Waals surface area contributed by atoms with E-state index in [1.807, 2.05) is 18.2 Å². The molecule has 0 radical (unpaired) electrons. The lowest BCUT2D eigenvalue weighted by molar-refractivity contribution is -0.0683. The maximum absolute atomic E-state index is 12.6. The molecule has 0 unspecified atom stereocenters. The highest BCUT2D eigenvalue weighted by Crippen LogP contribution is 2.26. The highest BCUT2D eigenvalue weighted by Gasteiger charge is 2.38. The van der Waals surface area contributed by atoms with Gasteiger partial charge in [0.1, 0.15) is 0 Å². The molecule has 4 heteroatoms. The second-order valence-corrected chi connectivity index (χ2v) is 7.91. The number of carbonyl (C=O) groups is 1. The van der Waals surface area contributed by atoms with E-state index in [4.69, 9.17) is 4.74 Å². The van der Waals surface area contributed by atoms with Crippen molar-refractivity contribution in [1.29, 1.82) is 0 Å². The Morgan fingerprint density at radius 2 is 2.04 bits per heavy atom. The predicted octanol–water partition coefficient (Wildman–Crippen LogP) is 3.04. The fraction of sp³-hybridized carbons (Fsp3) is 0.650. The van der Waals surface area contributed by atoms with Gasteiger partial charge in [0, 0.05) is 30.7 Å². The molecule has 0 saturated carbocycles. The second kappa shape index (κ2) is 7.24. The van der Waals surface area contributed by atoms with Crippen LogP contribution >= 0.6 is 0 Å². The number of carbonyl (C=O) groups excluding carboxylic acids is 1. The van der Waals surface area contributed by atoms with E-state index in [0.717, 1.165) is 31.7 Å². The van der Waals surface area contributed by atoms with Gasteiger partial charge >= 0.3 is 0 Å². The van der Waals surface area contributed by atoms with Gasteiger partial charge in [-0.3, -0.25) is 9.69 Å². The Kier molecular flexibility index (Phi) is 5.26. The lowest BCUT2D eigenvalue weighted by Crippen LogP contribution is -2.48. The molecule has 1 amide bonds. The van der Waals surface area contributed by atoms with Crippen molar-refractivity contribution in [3.05, 3.63) is 35.4 Å². The molecule has 132 valence electrons. The third-order valence-electron chi connectivity index (χ3n) is 5.34. The van der Waals surface area contributed by atoms with Crippen LogP contribution in [0, 0.1) is 5.92 Å². The van der Waals surface area contributed by atoms with Crippen LogP contribution in [0.3, 0.4) is 0 Å². The monoisotopic (exact) mass is 330 g/mol. The number of benzene rings is 1. The third kappa shape index (κ3) is 3.81. The van der Waals surface area contributed by atoms with Crippen LogP contribution in [0.2, 0.25) is 0 Å². The van der Waals surface area contributed by atoms with E-state index >= 15 is 0 Å². The van der Waals surface area contributed by atoms with Gasteiger partial charge in [-0.15, -0.1) is 0 Å². The third-order valence-corrected chi connectivity index (χ3v) is 5.34. The van der Waals surface area contributed by atoms with Crippen LogP contribution in [0.15, 0.2) is 24.3 Å². The maximum atomic E-state index is 12.6. The summed E-state index contributed by atoms with van der Waals surface area (Å²) in [5.41, 5.74) is 1.97. The molecular weight excluding hydrogens is 300 g/mol. The summed E-state index contributed by atoms with van der Waals surface area (Å²) in [4.78, 5) is 15.1. The number of amides is 1. The molecule has 1 N–H and O–H groups in total. The van der Waals surface area contributed by atoms with Gasteiger partial charge in [-0.1, -0.05) is 39.8 Å². The highest BCUT2D eigenvalue weighted by molar-refractivity contribution is 5.94. The summed E-state index contributed by atoms with van der Waals surface area (Å²) in [6.45, 7) is 11.4. The van der Waals surface area contributed by atoms with Crippen molar-refractivity contribution in [2.45, 2.75) is 58.2 Å². The molecule has 2 fully saturated rings. The van der Waals surface area contributed by atoms with Crippen molar-refractivity contribution in [3.8, 4) is 0 Å². The Labute approximate surface area is 145 Å². The molecule has 0 bridgehead atoms. The number of hydrogen-bond acceptors (Lipinski definition) is 3. The first-order chi connectivity index (χ1) is 11.4. The van der Waals surface area contributed by atoms with Crippen molar-refractivity contribution >= 4 is 5.91 Å². The second-order valence-electron chi connectivity index (χ2n) is 7.91. The molecule has 0 aromatic heterocycles. The number of ether oxygens (including phenoxy) is 1. The largest absolute Gasteiger partial charge is 0.375 e. The van der Waals surface area contributed by atoms with Gasteiger partial charge in [0.15, 0.2) is 0 Å². The maximum Gasteiger partial charge on any atom is 0.251 e. The first-order valence-corrected chi connectivity index (χ1v) is 9.20. The number of fused-ring (bicyclic) bond motifs is 1. The van der Waals surface area contributed by atoms with Crippen molar-refractivity contribution < 1.29 is 9.53 Å². The van der Waals surface area contributed by atoms with Crippen LogP contribution < -0.4 is 5.32 Å². The Bertz CT molecular complexity index is 585. The summed E-state index contributed by atoms with van der Waals surface area (Å²) in [5.74, 6) is 1.02. The molecule has 3 rings (SSSR count). The van der Waals surface area contributed by atoms with Crippen LogP contribution in [-0.4, -0.2) is 48.7 Å². The van der Waals surface area contributed by atoms with Gasteiger partial charge in [-0.25, -0.2) is 0 Å². The Balaban J connectivity index is 1.59. The summed E-state index contributed by atoms with van der Waals surface area (Å²) in [6.07, 6.45) is 1.30. The molecule has 4 nitrogen and oxygen atoms in total. The zero-order valence-corrected chi connectivity index (χ0v) is 15.3. The van der Waals surface area contributed by atoms with E-state index in [2.05, 4.69) is 44.0 Å². The molecular formula is C20H30N2O2. The highest BCUT2D eigenvalue weighted by atomic mass is 16.5. The first kappa shape index (κ1) is 17.4. The van der Waals surface area contributed by atoms with Crippen molar-refractivity contribution in [2.24, 2.45) is 5.92 Å². The normalized spacial score (nSPS) is 27.5. The summed E-state index contributed by atoms with van der Waals surface area (Å²) in [5, 5.41) is 3.23. The van der Waals surface area contributed by atoms with E-state index in [0.29, 0.717) is 24.0 Å². The quantitative estimate of drug-likeness (QED) is 0.922. The van der Waals surface area contributed by atoms with E-state index in [1.165, 1.54) is 5.56 Å². The topological polar surface area (TPSA) is 41.6 Å². The smallest absolute Gasteiger partial charge is 0.251 e. The van der Waals surface area contributed by atoms with Crippen LogP contribution in [0.5, 0.6) is 0 Å². The van der Waals surface area contributed by atoms with E-state index in [-0.39, 0.29) is 11.9 Å². The summed E-state index contributed by atoms with van der Waals surface area (Å²) in [7, 11) is 0. The first-order valence-electron chi connectivity index (χ1n) is 9.20. The van der Waals surface area contributed by atoms with Crippen molar-refractivity contribution in [2.75, 3.05) is 19.7 Å². The van der Waals surface area contributed by atoms with Crippen LogP contribution in [0.1, 0.15) is 56.0 Å². The minimum absolute atomic E-state index is 0.0451. The minimum Gasteiger partial charge on any atom is -0.375 e. The fourth-order valence-electron chi connectivity index (χ4n) is 3.72. The molecule has 1 aromatic carbocycles. The van der Waals surface area contributed by atoms with Gasteiger partial charge in [0.2, 0.25) is 0 Å². The van der Waals surface area contributed by atoms with Gasteiger partial charge in [-0.05, 0) is 36.0 Å². The lowest BCUT2D eigenvalue weighted by atomic mass is 10.0. The molecule has 2 saturated heterocycles. The molecule has 2 heterocycles. The zero-order valence-electron chi connectivity index (χ0n) is 15.3. The number of rotatable bonds is 4. The molecule has 24 heavy (non-hydrogen) atoms. The Morgan fingerprint density at radius 1 is 1.25 bits per heavy atom. The average molecular weight is 330 g/mol.